The molecule has 0 aliphatic carbocycles. The van der Waals surface area contributed by atoms with Crippen molar-refractivity contribution in [3.05, 3.63) is 71.3 Å². The number of carbonyl (C=O) groups excluding carboxylic acids is 1. The molecule has 0 aromatic heterocycles. The van der Waals surface area contributed by atoms with Crippen molar-refractivity contribution in [3.63, 3.8) is 0 Å². The summed E-state index contributed by atoms with van der Waals surface area (Å²) in [4.78, 5) is 12.4. The Kier molecular flexibility index (Phi) is 5.35. The Morgan fingerprint density at radius 3 is 2.56 bits per heavy atom. The van der Waals surface area contributed by atoms with Crippen molar-refractivity contribution in [2.24, 2.45) is 5.10 Å². The Morgan fingerprint density at radius 1 is 1.22 bits per heavy atom. The average Bonchev–Trinajstić information content (AvgIpc) is 3.04. The van der Waals surface area contributed by atoms with Gasteiger partial charge in [-0.05, 0) is 43.5 Å². The van der Waals surface area contributed by atoms with Crippen molar-refractivity contribution in [2.45, 2.75) is 44.8 Å². The monoisotopic (exact) mass is 374 g/mol. The summed E-state index contributed by atoms with van der Waals surface area (Å²) in [6, 6.07) is 12.3. The largest absolute Gasteiger partial charge is 0.273 e. The summed E-state index contributed by atoms with van der Waals surface area (Å²) >= 11 is 0. The smallest absolute Gasteiger partial charge is 0.240 e. The highest BCUT2D eigenvalue weighted by molar-refractivity contribution is 6.03. The van der Waals surface area contributed by atoms with E-state index in [4.69, 9.17) is 0 Å². The van der Waals surface area contributed by atoms with Gasteiger partial charge >= 0.3 is 0 Å². The van der Waals surface area contributed by atoms with E-state index < -0.39 is 23.3 Å². The normalized spacial score (nSPS) is 20.5. The summed E-state index contributed by atoms with van der Waals surface area (Å²) in [5, 5.41) is 5.64. The van der Waals surface area contributed by atoms with E-state index in [1.807, 2.05) is 30.3 Å². The van der Waals surface area contributed by atoms with Gasteiger partial charge in [-0.15, -0.1) is 0 Å². The minimum absolute atomic E-state index is 0.0207. The molecule has 3 rings (SSSR count). The molecular formula is C21H21F3N2O. The molecule has 1 heterocycles. The van der Waals surface area contributed by atoms with Crippen molar-refractivity contribution in [3.8, 4) is 0 Å². The summed E-state index contributed by atoms with van der Waals surface area (Å²) in [7, 11) is 0. The van der Waals surface area contributed by atoms with Gasteiger partial charge in [-0.3, -0.25) is 4.79 Å². The van der Waals surface area contributed by atoms with Crippen LogP contribution in [0.15, 0.2) is 53.6 Å². The highest BCUT2D eigenvalue weighted by Crippen LogP contribution is 2.43. The zero-order valence-corrected chi connectivity index (χ0v) is 15.3. The van der Waals surface area contributed by atoms with Crippen LogP contribution in [0.25, 0.3) is 0 Å². The lowest BCUT2D eigenvalue weighted by atomic mass is 9.79. The molecule has 27 heavy (non-hydrogen) atoms. The number of hydrogen-bond donors (Lipinski definition) is 0. The van der Waals surface area contributed by atoms with E-state index in [-0.39, 0.29) is 30.0 Å². The third-order valence-electron chi connectivity index (χ3n) is 4.89. The van der Waals surface area contributed by atoms with Crippen LogP contribution in [0.2, 0.25) is 0 Å². The highest BCUT2D eigenvalue weighted by atomic mass is 19.1. The Morgan fingerprint density at radius 2 is 1.93 bits per heavy atom. The number of nitrogens with zero attached hydrogens (tertiary/aromatic N) is 2. The van der Waals surface area contributed by atoms with Crippen molar-refractivity contribution in [1.29, 1.82) is 0 Å². The van der Waals surface area contributed by atoms with E-state index in [1.165, 1.54) is 18.9 Å². The lowest BCUT2D eigenvalue weighted by Gasteiger charge is -2.36. The molecule has 0 saturated heterocycles. The first-order chi connectivity index (χ1) is 12.8. The van der Waals surface area contributed by atoms with E-state index in [1.54, 1.807) is 0 Å². The van der Waals surface area contributed by atoms with Crippen LogP contribution in [0.4, 0.5) is 13.2 Å². The first kappa shape index (κ1) is 19.1. The van der Waals surface area contributed by atoms with Crippen molar-refractivity contribution >= 4 is 11.6 Å². The van der Waals surface area contributed by atoms with Crippen LogP contribution < -0.4 is 0 Å². The molecule has 1 amide bonds. The Hall–Kier alpha value is -2.63. The Labute approximate surface area is 156 Å². The van der Waals surface area contributed by atoms with Crippen molar-refractivity contribution in [1.82, 2.24) is 5.01 Å². The van der Waals surface area contributed by atoms with E-state index in [9.17, 15) is 18.0 Å². The predicted molar refractivity (Wildman–Crippen MR) is 98.0 cm³/mol. The fraction of sp³-hybridized carbons (Fsp3) is 0.333. The summed E-state index contributed by atoms with van der Waals surface area (Å²) < 4.78 is 41.6. The van der Waals surface area contributed by atoms with Gasteiger partial charge in [-0.25, -0.2) is 18.2 Å². The van der Waals surface area contributed by atoms with Gasteiger partial charge < -0.3 is 0 Å². The number of benzene rings is 2. The minimum atomic E-state index is -1.06. The Bertz CT molecular complexity index is 867. The molecular weight excluding hydrogens is 353 g/mol. The molecule has 0 bridgehead atoms. The average molecular weight is 374 g/mol. The molecule has 0 saturated carbocycles. The molecule has 2 aromatic rings. The standard InChI is InChI=1S/C21H21F3N2O/c1-14(22)10-11-21(16-6-4-3-5-7-16)13-20(25-26(21)15(2)27)18-12-17(23)8-9-19(18)24/h3-9,12,14H,10-11,13H2,1-2H3/t14-,21-/m0/s1. The molecule has 142 valence electrons. The number of hydrogen-bond acceptors (Lipinski definition) is 2. The van der Waals surface area contributed by atoms with E-state index in [0.29, 0.717) is 6.42 Å². The third kappa shape index (κ3) is 3.75. The highest BCUT2D eigenvalue weighted by Gasteiger charge is 2.46. The van der Waals surface area contributed by atoms with Crippen LogP contribution in [0.3, 0.4) is 0 Å². The van der Waals surface area contributed by atoms with Crippen LogP contribution in [-0.4, -0.2) is 22.8 Å². The molecule has 1 aliphatic heterocycles. The molecule has 0 spiro atoms. The number of amides is 1. The predicted octanol–water partition coefficient (Wildman–Crippen LogP) is 4.95. The lowest BCUT2D eigenvalue weighted by molar-refractivity contribution is -0.135. The maximum atomic E-state index is 14.3. The van der Waals surface area contributed by atoms with Gasteiger partial charge in [0, 0.05) is 18.9 Å². The van der Waals surface area contributed by atoms with Crippen molar-refractivity contribution < 1.29 is 18.0 Å². The fourth-order valence-corrected chi connectivity index (χ4v) is 3.59. The van der Waals surface area contributed by atoms with Gasteiger partial charge in [0.05, 0.1) is 17.4 Å². The third-order valence-corrected chi connectivity index (χ3v) is 4.89. The molecule has 2 aromatic carbocycles. The van der Waals surface area contributed by atoms with Gasteiger partial charge in [-0.2, -0.15) is 5.10 Å². The Balaban J connectivity index is 2.10. The second-order valence-electron chi connectivity index (χ2n) is 6.90. The van der Waals surface area contributed by atoms with Gasteiger partial charge in [0.1, 0.15) is 11.6 Å². The van der Waals surface area contributed by atoms with Crippen LogP contribution in [0, 0.1) is 11.6 Å². The topological polar surface area (TPSA) is 32.7 Å². The second kappa shape index (κ2) is 7.55. The number of rotatable bonds is 5. The minimum Gasteiger partial charge on any atom is -0.273 e. The fourth-order valence-electron chi connectivity index (χ4n) is 3.59. The van der Waals surface area contributed by atoms with Gasteiger partial charge in [-0.1, -0.05) is 30.3 Å². The van der Waals surface area contributed by atoms with Crippen molar-refractivity contribution in [2.75, 3.05) is 0 Å². The molecule has 0 fully saturated rings. The summed E-state index contributed by atoms with van der Waals surface area (Å²) in [6.45, 7) is 2.82. The SMILES string of the molecule is CC(=O)N1N=C(c2cc(F)ccc2F)C[C@@]1(CC[C@H](C)F)c1ccccc1. The lowest BCUT2D eigenvalue weighted by Crippen LogP contribution is -2.43. The van der Waals surface area contributed by atoms with Gasteiger partial charge in [0.2, 0.25) is 5.91 Å². The van der Waals surface area contributed by atoms with E-state index >= 15 is 0 Å². The zero-order chi connectivity index (χ0) is 19.6. The quantitative estimate of drug-likeness (QED) is 0.728. The van der Waals surface area contributed by atoms with Crippen LogP contribution >= 0.6 is 0 Å². The van der Waals surface area contributed by atoms with E-state index in [0.717, 1.165) is 23.8 Å². The molecule has 2 atom stereocenters. The van der Waals surface area contributed by atoms with Crippen LogP contribution in [0.1, 0.15) is 44.2 Å². The maximum absolute atomic E-state index is 14.3. The second-order valence-corrected chi connectivity index (χ2v) is 6.90. The first-order valence-corrected chi connectivity index (χ1v) is 8.87. The van der Waals surface area contributed by atoms with Crippen LogP contribution in [0.5, 0.6) is 0 Å². The molecule has 0 unspecified atom stereocenters. The molecule has 0 N–H and O–H groups in total. The van der Waals surface area contributed by atoms with Gasteiger partial charge in [0.25, 0.3) is 0 Å². The maximum Gasteiger partial charge on any atom is 0.240 e. The number of carbonyl (C=O) groups is 1. The summed E-state index contributed by atoms with van der Waals surface area (Å²) in [5.41, 5.74) is 0.156. The first-order valence-electron chi connectivity index (χ1n) is 8.87. The van der Waals surface area contributed by atoms with E-state index in [2.05, 4.69) is 5.10 Å². The number of hydrazone groups is 1. The molecule has 1 aliphatic rings. The number of alkyl halides is 1. The number of halogens is 3. The van der Waals surface area contributed by atoms with Gasteiger partial charge in [0.15, 0.2) is 0 Å². The molecule has 0 radical (unpaired) electrons. The zero-order valence-electron chi connectivity index (χ0n) is 15.3. The summed E-state index contributed by atoms with van der Waals surface area (Å²) in [6.07, 6.45) is -0.344. The molecule has 6 heteroatoms. The molecule has 3 nitrogen and oxygen atoms in total. The summed E-state index contributed by atoms with van der Waals surface area (Å²) in [5.74, 6) is -1.53. The van der Waals surface area contributed by atoms with Crippen LogP contribution in [-0.2, 0) is 10.3 Å².